The average molecular weight is 255 g/mol. The lowest BCUT2D eigenvalue weighted by atomic mass is 9.99. The average Bonchev–Trinajstić information content (AvgIpc) is 2.37. The van der Waals surface area contributed by atoms with Crippen molar-refractivity contribution in [2.45, 2.75) is 24.4 Å². The number of aliphatic hydroxyl groups excluding tert-OH is 2. The van der Waals surface area contributed by atoms with Crippen LogP contribution in [-0.4, -0.2) is 39.7 Å². The summed E-state index contributed by atoms with van der Waals surface area (Å²) in [4.78, 5) is 18.7. The van der Waals surface area contributed by atoms with Gasteiger partial charge in [-0.05, 0) is 0 Å². The Kier molecular flexibility index (Phi) is 5.07. The zero-order valence-corrected chi connectivity index (χ0v) is 9.46. The Morgan fingerprint density at radius 3 is 2.56 bits per heavy atom. The molecule has 2 unspecified atom stereocenters. The van der Waals surface area contributed by atoms with E-state index in [0.29, 0.717) is 0 Å². The van der Waals surface area contributed by atoms with E-state index in [2.05, 4.69) is 4.52 Å². The molecule has 0 spiro atoms. The van der Waals surface area contributed by atoms with Crippen LogP contribution in [0.2, 0.25) is 0 Å². The molecule has 0 aromatic heterocycles. The molecule has 16 heavy (non-hydrogen) atoms. The number of phosphoric acid groups is 1. The molecule has 1 rings (SSSR count). The van der Waals surface area contributed by atoms with Crippen LogP contribution >= 0.6 is 7.82 Å². The largest absolute Gasteiger partial charge is 0.756 e. The summed E-state index contributed by atoms with van der Waals surface area (Å²) in [6.07, 6.45) is 2.35. The summed E-state index contributed by atoms with van der Waals surface area (Å²) in [7, 11) is -4.94. The second kappa shape index (κ2) is 5.23. The monoisotopic (exact) mass is 255 g/mol. The molecule has 1 aliphatic heterocycles. The van der Waals surface area contributed by atoms with Gasteiger partial charge in [-0.2, -0.15) is 0 Å². The van der Waals surface area contributed by atoms with Gasteiger partial charge >= 0.3 is 0 Å². The third kappa shape index (κ3) is 3.52. The first-order valence-electron chi connectivity index (χ1n) is 3.99. The van der Waals surface area contributed by atoms with Crippen LogP contribution in [0.5, 0.6) is 0 Å². The number of rotatable bonds is 3. The van der Waals surface area contributed by atoms with Crippen LogP contribution in [0.15, 0.2) is 0 Å². The predicted octanol–water partition coefficient (Wildman–Crippen LogP) is -1.69. The highest BCUT2D eigenvalue weighted by atomic mass is 31.2. The van der Waals surface area contributed by atoms with Crippen molar-refractivity contribution in [2.24, 2.45) is 0 Å². The molecular weight excluding hydrogens is 241 g/mol. The maximum absolute atomic E-state index is 10.3. The highest BCUT2D eigenvalue weighted by Crippen LogP contribution is 2.36. The Bertz CT molecular complexity index is 323. The predicted molar refractivity (Wildman–Crippen MR) is 51.0 cm³/mol. The van der Waals surface area contributed by atoms with Crippen LogP contribution in [0.1, 0.15) is 6.42 Å². The summed E-state index contributed by atoms with van der Waals surface area (Å²) in [5.41, 5.74) is -1.75. The number of hydrogen-bond acceptors (Lipinski definition) is 6. The van der Waals surface area contributed by atoms with Crippen molar-refractivity contribution in [3.05, 3.63) is 0 Å². The first-order chi connectivity index (χ1) is 6.79. The van der Waals surface area contributed by atoms with Crippen LogP contribution in [-0.2, 0) is 13.8 Å². The second-order valence-corrected chi connectivity index (χ2v) is 4.30. The number of aliphatic hydroxyl groups is 2. The number of phosphoric ester groups is 1. The molecule has 7 N–H and O–H groups in total. The van der Waals surface area contributed by atoms with Gasteiger partial charge in [0.05, 0.1) is 6.61 Å². The molecule has 1 fully saturated rings. The van der Waals surface area contributed by atoms with Gasteiger partial charge < -0.3 is 35.4 Å². The maximum atomic E-state index is 10.3. The van der Waals surface area contributed by atoms with Crippen LogP contribution in [0.25, 0.3) is 0 Å². The van der Waals surface area contributed by atoms with Crippen LogP contribution in [0.3, 0.4) is 0 Å². The molecule has 0 aromatic rings. The Hall–Kier alpha value is -0.490. The first-order valence-corrected chi connectivity index (χ1v) is 5.49. The van der Waals surface area contributed by atoms with E-state index >= 15 is 0 Å². The van der Waals surface area contributed by atoms with Gasteiger partial charge in [0.2, 0.25) is 0 Å². The lowest BCUT2D eigenvalue weighted by Crippen LogP contribution is -2.42. The molecule has 4 atom stereocenters. The van der Waals surface area contributed by atoms with Gasteiger partial charge in [0.15, 0.2) is 11.9 Å². The SMILES string of the molecule is C#C[C@]1(COP(=O)([O-])O)OC(O)C[C@@H]1O.[NH4+]. The topological polar surface area (TPSA) is 156 Å². The van der Waals surface area contributed by atoms with Gasteiger partial charge in [0, 0.05) is 6.42 Å². The van der Waals surface area contributed by atoms with Gasteiger partial charge in [0.25, 0.3) is 7.82 Å². The normalized spacial score (nSPS) is 37.2. The number of hydrogen-bond donors (Lipinski definition) is 4. The van der Waals surface area contributed by atoms with Crippen molar-refractivity contribution in [3.8, 4) is 12.3 Å². The van der Waals surface area contributed by atoms with E-state index in [-0.39, 0.29) is 12.6 Å². The van der Waals surface area contributed by atoms with Crippen molar-refractivity contribution < 1.29 is 33.8 Å². The van der Waals surface area contributed by atoms with Crippen LogP contribution < -0.4 is 11.0 Å². The summed E-state index contributed by atoms with van der Waals surface area (Å²) in [6.45, 7) is -0.751. The number of ether oxygens (including phenoxy) is 1. The zero-order chi connectivity index (χ0) is 11.7. The van der Waals surface area contributed by atoms with Crippen molar-refractivity contribution in [2.75, 3.05) is 6.61 Å². The minimum absolute atomic E-state index is 0. The summed E-state index contributed by atoms with van der Waals surface area (Å²) < 4.78 is 19.1. The fraction of sp³-hybridized carbons (Fsp3) is 0.714. The van der Waals surface area contributed by atoms with Crippen molar-refractivity contribution >= 4 is 7.82 Å². The smallest absolute Gasteiger partial charge is 0.265 e. The lowest BCUT2D eigenvalue weighted by Gasteiger charge is -2.27. The molecule has 0 aliphatic carbocycles. The number of terminal acetylenes is 1. The fourth-order valence-electron chi connectivity index (χ4n) is 1.23. The molecular formula is C7H14NO7P. The van der Waals surface area contributed by atoms with Crippen LogP contribution in [0, 0.1) is 12.3 Å². The van der Waals surface area contributed by atoms with E-state index in [9.17, 15) is 14.6 Å². The molecule has 1 aliphatic rings. The highest BCUT2D eigenvalue weighted by Gasteiger charge is 2.47. The highest BCUT2D eigenvalue weighted by molar-refractivity contribution is 7.44. The van der Waals surface area contributed by atoms with Crippen molar-refractivity contribution in [1.82, 2.24) is 6.15 Å². The third-order valence-corrected chi connectivity index (χ3v) is 2.45. The molecule has 1 saturated heterocycles. The van der Waals surface area contributed by atoms with Crippen molar-refractivity contribution in [1.29, 1.82) is 0 Å². The third-order valence-electron chi connectivity index (χ3n) is 2.00. The molecule has 1 heterocycles. The first kappa shape index (κ1) is 15.5. The summed E-state index contributed by atoms with van der Waals surface area (Å²) >= 11 is 0. The lowest BCUT2D eigenvalue weighted by molar-refractivity contribution is -0.226. The van der Waals surface area contributed by atoms with E-state index in [0.717, 1.165) is 0 Å². The quantitative estimate of drug-likeness (QED) is 0.346. The van der Waals surface area contributed by atoms with E-state index in [1.807, 2.05) is 5.92 Å². The number of quaternary nitrogens is 1. The zero-order valence-electron chi connectivity index (χ0n) is 8.57. The second-order valence-electron chi connectivity index (χ2n) is 3.10. The van der Waals surface area contributed by atoms with Gasteiger partial charge in [0.1, 0.15) is 6.10 Å². The molecule has 0 saturated carbocycles. The van der Waals surface area contributed by atoms with Crippen molar-refractivity contribution in [3.63, 3.8) is 0 Å². The minimum Gasteiger partial charge on any atom is -0.756 e. The standard InChI is InChI=1S/C7H11O7P.H3N/c1-2-7(4-13-15(10,11)12)5(8)3-6(9)14-7;/h1,5-6,8-9H,3-4H2,(H2,10,11,12);1H3/t5-,6?,7+;/m0./s1. The molecule has 0 bridgehead atoms. The van der Waals surface area contributed by atoms with Gasteiger partial charge in [-0.15, -0.1) is 6.42 Å². The Morgan fingerprint density at radius 2 is 2.25 bits per heavy atom. The summed E-state index contributed by atoms with van der Waals surface area (Å²) in [5.74, 6) is 2.00. The van der Waals surface area contributed by atoms with Gasteiger partial charge in [-0.3, -0.25) is 4.57 Å². The summed E-state index contributed by atoms with van der Waals surface area (Å²) in [5, 5.41) is 18.5. The van der Waals surface area contributed by atoms with Crippen LogP contribution in [0.4, 0.5) is 0 Å². The Labute approximate surface area is 92.0 Å². The molecule has 0 aromatic carbocycles. The molecule has 94 valence electrons. The minimum atomic E-state index is -4.94. The molecule has 0 radical (unpaired) electrons. The Morgan fingerprint density at radius 1 is 1.69 bits per heavy atom. The van der Waals surface area contributed by atoms with E-state index in [4.69, 9.17) is 21.2 Å². The van der Waals surface area contributed by atoms with Gasteiger partial charge in [-0.1, -0.05) is 5.92 Å². The molecule has 9 heteroatoms. The summed E-state index contributed by atoms with van der Waals surface area (Å²) in [6, 6.07) is 0. The van der Waals surface area contributed by atoms with Gasteiger partial charge in [-0.25, -0.2) is 0 Å². The fourth-order valence-corrected chi connectivity index (χ4v) is 1.59. The van der Waals surface area contributed by atoms with E-state index < -0.39 is 32.4 Å². The maximum Gasteiger partial charge on any atom is 0.265 e. The molecule has 8 nitrogen and oxygen atoms in total. The Balaban J connectivity index is 0.00000225. The molecule has 0 amide bonds. The van der Waals surface area contributed by atoms with E-state index in [1.54, 1.807) is 0 Å². The van der Waals surface area contributed by atoms with E-state index in [1.165, 1.54) is 0 Å².